The topological polar surface area (TPSA) is 50.7 Å². The lowest BCUT2D eigenvalue weighted by Crippen LogP contribution is -2.12. The molecule has 0 bridgehead atoms. The van der Waals surface area contributed by atoms with Gasteiger partial charge in [-0.3, -0.25) is 4.98 Å². The van der Waals surface area contributed by atoms with Crippen LogP contribution in [0.1, 0.15) is 34.9 Å². The molecule has 0 radical (unpaired) electrons. The van der Waals surface area contributed by atoms with Gasteiger partial charge in [0, 0.05) is 29.7 Å². The van der Waals surface area contributed by atoms with Crippen molar-refractivity contribution in [1.29, 1.82) is 0 Å². The number of nitrogens with one attached hydrogen (secondary N) is 1. The van der Waals surface area contributed by atoms with Crippen LogP contribution in [0.3, 0.4) is 0 Å². The van der Waals surface area contributed by atoms with Crippen LogP contribution in [-0.4, -0.2) is 21.5 Å². The highest BCUT2D eigenvalue weighted by molar-refractivity contribution is 7.09. The summed E-state index contributed by atoms with van der Waals surface area (Å²) < 4.78 is 0. The molecule has 1 N–H and O–H groups in total. The van der Waals surface area contributed by atoms with Gasteiger partial charge < -0.3 is 5.32 Å². The van der Waals surface area contributed by atoms with Gasteiger partial charge in [-0.05, 0) is 20.8 Å². The maximum absolute atomic E-state index is 4.51. The van der Waals surface area contributed by atoms with Crippen LogP contribution in [0, 0.1) is 20.8 Å². The molecule has 0 fully saturated rings. The Morgan fingerprint density at radius 3 is 2.67 bits per heavy atom. The summed E-state index contributed by atoms with van der Waals surface area (Å²) in [6, 6.07) is 0. The molecule has 2 heterocycles. The Kier molecular flexibility index (Phi) is 3.91. The third-order valence-electron chi connectivity index (χ3n) is 2.71. The Hall–Kier alpha value is -1.49. The van der Waals surface area contributed by atoms with E-state index in [4.69, 9.17) is 0 Å². The van der Waals surface area contributed by atoms with E-state index in [0.717, 1.165) is 29.4 Å². The van der Waals surface area contributed by atoms with E-state index in [1.54, 1.807) is 17.5 Å². The highest BCUT2D eigenvalue weighted by Crippen LogP contribution is 2.20. The van der Waals surface area contributed by atoms with Gasteiger partial charge in [0.15, 0.2) is 0 Å². The zero-order valence-electron chi connectivity index (χ0n) is 11.2. The van der Waals surface area contributed by atoms with E-state index in [1.807, 2.05) is 20.8 Å². The molecule has 0 amide bonds. The predicted molar refractivity (Wildman–Crippen MR) is 75.3 cm³/mol. The first-order chi connectivity index (χ1) is 8.56. The summed E-state index contributed by atoms with van der Waals surface area (Å²) in [5.41, 5.74) is 2.96. The first-order valence-electron chi connectivity index (χ1n) is 6.02. The standard InChI is InChI=1S/C13H18N4S/c1-8(13-17-10(3)7-18-13)5-15-12-11(4)14-6-9(2)16-12/h6-8H,5H2,1-4H3,(H,15,16). The molecule has 2 aromatic heterocycles. The third kappa shape index (κ3) is 3.04. The Morgan fingerprint density at radius 2 is 2.00 bits per heavy atom. The fourth-order valence-corrected chi connectivity index (χ4v) is 2.50. The average molecular weight is 262 g/mol. The molecule has 0 aliphatic carbocycles. The highest BCUT2D eigenvalue weighted by atomic mass is 32.1. The predicted octanol–water partition coefficient (Wildman–Crippen LogP) is 3.07. The van der Waals surface area contributed by atoms with Crippen molar-refractivity contribution in [3.8, 4) is 0 Å². The molecular weight excluding hydrogens is 244 g/mol. The second-order valence-electron chi connectivity index (χ2n) is 4.55. The molecular formula is C13H18N4S. The third-order valence-corrected chi connectivity index (χ3v) is 3.90. The van der Waals surface area contributed by atoms with E-state index >= 15 is 0 Å². The van der Waals surface area contributed by atoms with Gasteiger partial charge in [0.25, 0.3) is 0 Å². The number of hydrogen-bond acceptors (Lipinski definition) is 5. The van der Waals surface area contributed by atoms with Gasteiger partial charge in [-0.15, -0.1) is 11.3 Å². The number of thiazole rings is 1. The summed E-state index contributed by atoms with van der Waals surface area (Å²) in [6.07, 6.45) is 1.79. The van der Waals surface area contributed by atoms with E-state index in [1.165, 1.54) is 5.01 Å². The second kappa shape index (κ2) is 5.44. The summed E-state index contributed by atoms with van der Waals surface area (Å²) in [5.74, 6) is 1.25. The van der Waals surface area contributed by atoms with E-state index in [9.17, 15) is 0 Å². The van der Waals surface area contributed by atoms with Gasteiger partial charge in [0.1, 0.15) is 5.82 Å². The van der Waals surface area contributed by atoms with Crippen LogP contribution in [0.2, 0.25) is 0 Å². The van der Waals surface area contributed by atoms with Crippen LogP contribution in [-0.2, 0) is 0 Å². The lowest BCUT2D eigenvalue weighted by atomic mass is 10.2. The molecule has 5 heteroatoms. The fourth-order valence-electron chi connectivity index (χ4n) is 1.64. The summed E-state index contributed by atoms with van der Waals surface area (Å²) in [4.78, 5) is 13.3. The van der Waals surface area contributed by atoms with Crippen molar-refractivity contribution in [1.82, 2.24) is 15.0 Å². The smallest absolute Gasteiger partial charge is 0.147 e. The largest absolute Gasteiger partial charge is 0.368 e. The second-order valence-corrected chi connectivity index (χ2v) is 5.44. The Labute approximate surface area is 112 Å². The van der Waals surface area contributed by atoms with Crippen molar-refractivity contribution in [2.24, 2.45) is 0 Å². The molecule has 1 atom stereocenters. The molecule has 0 aliphatic heterocycles. The number of aryl methyl sites for hydroxylation is 3. The number of aromatic nitrogens is 3. The maximum Gasteiger partial charge on any atom is 0.147 e. The number of rotatable bonds is 4. The summed E-state index contributed by atoms with van der Waals surface area (Å²) in [6.45, 7) is 8.93. The van der Waals surface area contributed by atoms with Gasteiger partial charge in [-0.25, -0.2) is 9.97 Å². The minimum Gasteiger partial charge on any atom is -0.368 e. The summed E-state index contributed by atoms with van der Waals surface area (Å²) in [7, 11) is 0. The van der Waals surface area contributed by atoms with Gasteiger partial charge in [-0.2, -0.15) is 0 Å². The molecule has 4 nitrogen and oxygen atoms in total. The van der Waals surface area contributed by atoms with Crippen LogP contribution < -0.4 is 5.32 Å². The first-order valence-corrected chi connectivity index (χ1v) is 6.90. The normalized spacial score (nSPS) is 12.4. The molecule has 2 aromatic rings. The van der Waals surface area contributed by atoms with Gasteiger partial charge >= 0.3 is 0 Å². The Morgan fingerprint density at radius 1 is 1.22 bits per heavy atom. The van der Waals surface area contributed by atoms with Crippen molar-refractivity contribution in [3.63, 3.8) is 0 Å². The molecule has 0 aromatic carbocycles. The molecule has 18 heavy (non-hydrogen) atoms. The van der Waals surface area contributed by atoms with Crippen LogP contribution >= 0.6 is 11.3 Å². The van der Waals surface area contributed by atoms with E-state index in [-0.39, 0.29) is 0 Å². The van der Waals surface area contributed by atoms with E-state index in [0.29, 0.717) is 5.92 Å². The van der Waals surface area contributed by atoms with Crippen molar-refractivity contribution in [3.05, 3.63) is 33.7 Å². The minimum absolute atomic E-state index is 0.380. The number of anilines is 1. The minimum atomic E-state index is 0.380. The van der Waals surface area contributed by atoms with Crippen LogP contribution in [0.15, 0.2) is 11.6 Å². The molecule has 2 rings (SSSR count). The molecule has 0 spiro atoms. The SMILES string of the molecule is Cc1csc(C(C)CNc2nc(C)cnc2C)n1. The first kappa shape index (κ1) is 13.0. The summed E-state index contributed by atoms with van der Waals surface area (Å²) in [5, 5.41) is 6.61. The highest BCUT2D eigenvalue weighted by Gasteiger charge is 2.10. The van der Waals surface area contributed by atoms with Crippen molar-refractivity contribution < 1.29 is 0 Å². The van der Waals surface area contributed by atoms with Crippen molar-refractivity contribution in [2.75, 3.05) is 11.9 Å². The van der Waals surface area contributed by atoms with Crippen LogP contribution in [0.4, 0.5) is 5.82 Å². The van der Waals surface area contributed by atoms with Crippen LogP contribution in [0.25, 0.3) is 0 Å². The molecule has 96 valence electrons. The molecule has 0 aliphatic rings. The summed E-state index contributed by atoms with van der Waals surface area (Å²) >= 11 is 1.71. The molecule has 0 saturated carbocycles. The quantitative estimate of drug-likeness (QED) is 0.920. The maximum atomic E-state index is 4.51. The monoisotopic (exact) mass is 262 g/mol. The van der Waals surface area contributed by atoms with Crippen LogP contribution in [0.5, 0.6) is 0 Å². The number of hydrogen-bond donors (Lipinski definition) is 1. The van der Waals surface area contributed by atoms with E-state index < -0.39 is 0 Å². The average Bonchev–Trinajstić information content (AvgIpc) is 2.77. The zero-order valence-corrected chi connectivity index (χ0v) is 12.0. The molecule has 1 unspecified atom stereocenters. The van der Waals surface area contributed by atoms with Gasteiger partial charge in [-0.1, -0.05) is 6.92 Å². The number of nitrogens with zero attached hydrogens (tertiary/aromatic N) is 3. The fraction of sp³-hybridized carbons (Fsp3) is 0.462. The zero-order chi connectivity index (χ0) is 13.1. The Bertz CT molecular complexity index is 536. The molecule has 0 saturated heterocycles. The van der Waals surface area contributed by atoms with Crippen molar-refractivity contribution >= 4 is 17.2 Å². The Balaban J connectivity index is 2.01. The van der Waals surface area contributed by atoms with Crippen molar-refractivity contribution in [2.45, 2.75) is 33.6 Å². The lowest BCUT2D eigenvalue weighted by Gasteiger charge is -2.12. The van der Waals surface area contributed by atoms with Gasteiger partial charge in [0.05, 0.1) is 16.4 Å². The lowest BCUT2D eigenvalue weighted by molar-refractivity contribution is 0.785. The van der Waals surface area contributed by atoms with Gasteiger partial charge in [0.2, 0.25) is 0 Å². The van der Waals surface area contributed by atoms with E-state index in [2.05, 4.69) is 32.6 Å².